The highest BCUT2D eigenvalue weighted by molar-refractivity contribution is 6.02. The second-order valence-electron chi connectivity index (χ2n) is 7.65. The first-order valence-corrected chi connectivity index (χ1v) is 10.4. The number of anilines is 3. The number of nitrogens with one attached hydrogen (secondary N) is 1. The zero-order valence-electron chi connectivity index (χ0n) is 17.4. The van der Waals surface area contributed by atoms with E-state index in [4.69, 9.17) is 4.74 Å². The van der Waals surface area contributed by atoms with E-state index in [0.717, 1.165) is 18.6 Å². The third-order valence-corrected chi connectivity index (χ3v) is 5.64. The first-order chi connectivity index (χ1) is 14.9. The molecule has 1 aliphatic heterocycles. The van der Waals surface area contributed by atoms with Crippen LogP contribution in [-0.2, 0) is 4.79 Å². The molecule has 10 heteroatoms. The summed E-state index contributed by atoms with van der Waals surface area (Å²) in [6.45, 7) is 5.35. The molecular weight excluding hydrogens is 411 g/mol. The van der Waals surface area contributed by atoms with Gasteiger partial charge < -0.3 is 19.9 Å². The van der Waals surface area contributed by atoms with E-state index < -0.39 is 17.5 Å². The Labute approximate surface area is 178 Å². The Morgan fingerprint density at radius 3 is 2.58 bits per heavy atom. The SMILES string of the molecule is CCN1CC(=O)N(CC)c2cnc(N[C@@H]3CC[C@@H](Oc4cc(F)c(F)c(F)c4)C3)nc21. The summed E-state index contributed by atoms with van der Waals surface area (Å²) in [5.74, 6) is -2.90. The Bertz CT molecular complexity index is 966. The Balaban J connectivity index is 1.43. The van der Waals surface area contributed by atoms with E-state index in [2.05, 4.69) is 15.3 Å². The molecule has 7 nitrogen and oxygen atoms in total. The largest absolute Gasteiger partial charge is 0.490 e. The van der Waals surface area contributed by atoms with Gasteiger partial charge in [0, 0.05) is 37.7 Å². The van der Waals surface area contributed by atoms with Crippen LogP contribution < -0.4 is 19.9 Å². The monoisotopic (exact) mass is 435 g/mol. The first kappa shape index (κ1) is 21.2. The van der Waals surface area contributed by atoms with E-state index in [0.29, 0.717) is 43.4 Å². The number of carbonyl (C=O) groups excluding carboxylic acids is 1. The zero-order valence-corrected chi connectivity index (χ0v) is 17.4. The van der Waals surface area contributed by atoms with Crippen LogP contribution in [0.3, 0.4) is 0 Å². The molecule has 31 heavy (non-hydrogen) atoms. The van der Waals surface area contributed by atoms with Gasteiger partial charge >= 0.3 is 0 Å². The van der Waals surface area contributed by atoms with E-state index >= 15 is 0 Å². The van der Waals surface area contributed by atoms with Crippen molar-refractivity contribution in [3.05, 3.63) is 35.8 Å². The summed E-state index contributed by atoms with van der Waals surface area (Å²) >= 11 is 0. The third kappa shape index (κ3) is 4.24. The summed E-state index contributed by atoms with van der Waals surface area (Å²) < 4.78 is 45.6. The maximum absolute atomic E-state index is 13.4. The van der Waals surface area contributed by atoms with Gasteiger partial charge in [0.25, 0.3) is 0 Å². The van der Waals surface area contributed by atoms with Gasteiger partial charge in [0.2, 0.25) is 11.9 Å². The quantitative estimate of drug-likeness (QED) is 0.701. The van der Waals surface area contributed by atoms with Gasteiger partial charge in [0.1, 0.15) is 17.5 Å². The van der Waals surface area contributed by atoms with E-state index in [9.17, 15) is 18.0 Å². The number of nitrogens with zero attached hydrogens (tertiary/aromatic N) is 4. The van der Waals surface area contributed by atoms with Gasteiger partial charge in [-0.2, -0.15) is 4.98 Å². The number of benzene rings is 1. The molecule has 0 spiro atoms. The van der Waals surface area contributed by atoms with Crippen molar-refractivity contribution in [3.63, 3.8) is 0 Å². The molecule has 1 aliphatic carbocycles. The summed E-state index contributed by atoms with van der Waals surface area (Å²) in [6.07, 6.45) is 3.40. The van der Waals surface area contributed by atoms with E-state index in [-0.39, 0.29) is 30.3 Å². The number of aromatic nitrogens is 2. The van der Waals surface area contributed by atoms with Crippen LogP contribution in [0.5, 0.6) is 5.75 Å². The Morgan fingerprint density at radius 1 is 1.16 bits per heavy atom. The van der Waals surface area contributed by atoms with Crippen LogP contribution in [0.1, 0.15) is 33.1 Å². The maximum atomic E-state index is 13.4. The van der Waals surface area contributed by atoms with Crippen molar-refractivity contribution < 1.29 is 22.7 Å². The minimum Gasteiger partial charge on any atom is -0.490 e. The van der Waals surface area contributed by atoms with Crippen LogP contribution in [0.15, 0.2) is 18.3 Å². The van der Waals surface area contributed by atoms with Gasteiger partial charge in [0.05, 0.1) is 12.7 Å². The van der Waals surface area contributed by atoms with E-state index in [1.54, 1.807) is 11.1 Å². The second-order valence-corrected chi connectivity index (χ2v) is 7.65. The van der Waals surface area contributed by atoms with Crippen molar-refractivity contribution in [2.24, 2.45) is 0 Å². The molecule has 1 aromatic heterocycles. The average molecular weight is 435 g/mol. The number of hydrogen-bond acceptors (Lipinski definition) is 6. The molecule has 0 bridgehead atoms. The Hall–Kier alpha value is -3.04. The molecule has 2 atom stereocenters. The van der Waals surface area contributed by atoms with Gasteiger partial charge in [-0.25, -0.2) is 18.2 Å². The lowest BCUT2D eigenvalue weighted by Gasteiger charge is -2.35. The number of likely N-dealkylation sites (N-methyl/N-ethyl adjacent to an activating group) is 2. The van der Waals surface area contributed by atoms with Crippen molar-refractivity contribution in [3.8, 4) is 5.75 Å². The number of ether oxygens (including phenoxy) is 1. The van der Waals surface area contributed by atoms with Crippen LogP contribution in [0.25, 0.3) is 0 Å². The highest BCUT2D eigenvalue weighted by Crippen LogP contribution is 2.33. The van der Waals surface area contributed by atoms with Crippen LogP contribution >= 0.6 is 0 Å². The molecule has 1 fully saturated rings. The first-order valence-electron chi connectivity index (χ1n) is 10.4. The maximum Gasteiger partial charge on any atom is 0.246 e. The van der Waals surface area contributed by atoms with Crippen LogP contribution in [0.2, 0.25) is 0 Å². The van der Waals surface area contributed by atoms with E-state index in [1.807, 2.05) is 18.7 Å². The minimum absolute atomic E-state index is 0.0146. The van der Waals surface area contributed by atoms with Gasteiger partial charge in [-0.15, -0.1) is 0 Å². The van der Waals surface area contributed by atoms with Gasteiger partial charge in [0.15, 0.2) is 23.3 Å². The number of hydrogen-bond donors (Lipinski definition) is 1. The van der Waals surface area contributed by atoms with Gasteiger partial charge in [-0.3, -0.25) is 4.79 Å². The molecule has 2 aromatic rings. The molecule has 166 valence electrons. The summed E-state index contributed by atoms with van der Waals surface area (Å²) in [4.78, 5) is 24.9. The fraction of sp³-hybridized carbons (Fsp3) is 0.476. The highest BCUT2D eigenvalue weighted by Gasteiger charge is 2.31. The lowest BCUT2D eigenvalue weighted by Crippen LogP contribution is -2.46. The second kappa shape index (κ2) is 8.60. The van der Waals surface area contributed by atoms with Crippen molar-refractivity contribution in [1.29, 1.82) is 0 Å². The van der Waals surface area contributed by atoms with Crippen molar-refractivity contribution in [2.45, 2.75) is 45.3 Å². The molecule has 2 heterocycles. The minimum atomic E-state index is -1.51. The molecule has 4 rings (SSSR count). The smallest absolute Gasteiger partial charge is 0.246 e. The lowest BCUT2D eigenvalue weighted by molar-refractivity contribution is -0.117. The normalized spacial score (nSPS) is 20.7. The molecule has 0 radical (unpaired) electrons. The molecule has 2 aliphatic rings. The van der Waals surface area contributed by atoms with Crippen LogP contribution in [0, 0.1) is 17.5 Å². The van der Waals surface area contributed by atoms with Crippen molar-refractivity contribution >= 4 is 23.4 Å². The van der Waals surface area contributed by atoms with Gasteiger partial charge in [-0.05, 0) is 26.7 Å². The molecule has 0 saturated heterocycles. The zero-order chi connectivity index (χ0) is 22.1. The summed E-state index contributed by atoms with van der Waals surface area (Å²) in [5, 5.41) is 3.29. The fourth-order valence-electron chi connectivity index (χ4n) is 4.08. The predicted octanol–water partition coefficient (Wildman–Crippen LogP) is 3.50. The highest BCUT2D eigenvalue weighted by atomic mass is 19.2. The number of fused-ring (bicyclic) bond motifs is 1. The standard InChI is InChI=1S/C21H24F3N5O2/c1-3-28-11-18(30)29(4-2)17-10-25-21(27-20(17)28)26-12-5-6-13(7-12)31-14-8-15(22)19(24)16(23)9-14/h8-10,12-13H,3-7,11H2,1-2H3,(H,25,26,27)/t12-,13-/m1/s1. The van der Waals surface area contributed by atoms with Crippen molar-refractivity contribution in [2.75, 3.05) is 34.8 Å². The molecule has 0 unspecified atom stereocenters. The average Bonchev–Trinajstić information content (AvgIpc) is 3.18. The Kier molecular flexibility index (Phi) is 5.88. The molecule has 1 amide bonds. The summed E-state index contributed by atoms with van der Waals surface area (Å²) in [5.41, 5.74) is 0.694. The summed E-state index contributed by atoms with van der Waals surface area (Å²) in [7, 11) is 0. The number of halogens is 3. The molecule has 1 N–H and O–H groups in total. The lowest BCUT2D eigenvalue weighted by atomic mass is 10.2. The fourth-order valence-corrected chi connectivity index (χ4v) is 4.08. The number of amides is 1. The van der Waals surface area contributed by atoms with Crippen molar-refractivity contribution in [1.82, 2.24) is 9.97 Å². The van der Waals surface area contributed by atoms with Crippen LogP contribution in [0.4, 0.5) is 30.6 Å². The van der Waals surface area contributed by atoms with Gasteiger partial charge in [-0.1, -0.05) is 0 Å². The number of rotatable bonds is 6. The number of carbonyl (C=O) groups is 1. The van der Waals surface area contributed by atoms with Crippen LogP contribution in [-0.4, -0.2) is 47.7 Å². The van der Waals surface area contributed by atoms with E-state index in [1.165, 1.54) is 0 Å². The topological polar surface area (TPSA) is 70.6 Å². The summed E-state index contributed by atoms with van der Waals surface area (Å²) in [6, 6.07) is 1.72. The molecule has 1 aromatic carbocycles. The third-order valence-electron chi connectivity index (χ3n) is 5.64. The molecular formula is C21H24F3N5O2. The molecule has 1 saturated carbocycles. The Morgan fingerprint density at radius 2 is 1.90 bits per heavy atom. The predicted molar refractivity (Wildman–Crippen MR) is 110 cm³/mol.